The molecular weight excluding hydrogens is 476 g/mol. The van der Waals surface area contributed by atoms with E-state index in [0.29, 0.717) is 22.8 Å². The summed E-state index contributed by atoms with van der Waals surface area (Å²) in [6, 6.07) is 19.7. The first kappa shape index (κ1) is 25.2. The van der Waals surface area contributed by atoms with Gasteiger partial charge in [0.2, 0.25) is 6.79 Å². The van der Waals surface area contributed by atoms with Gasteiger partial charge in [-0.05, 0) is 53.4 Å². The van der Waals surface area contributed by atoms with E-state index in [2.05, 4.69) is 21.2 Å². The van der Waals surface area contributed by atoms with E-state index < -0.39 is 11.8 Å². The van der Waals surface area contributed by atoms with E-state index in [-0.39, 0.29) is 25.9 Å². The number of hydrogen-bond acceptors (Lipinski definition) is 7. The first-order valence-electron chi connectivity index (χ1n) is 11.6. The molecule has 0 aromatic heterocycles. The summed E-state index contributed by atoms with van der Waals surface area (Å²) in [6.45, 7) is 2.15. The van der Waals surface area contributed by atoms with Gasteiger partial charge in [-0.25, -0.2) is 5.43 Å². The fourth-order valence-electron chi connectivity index (χ4n) is 3.50. The lowest BCUT2D eigenvalue weighted by atomic mass is 10.1. The van der Waals surface area contributed by atoms with Crippen LogP contribution in [0.25, 0.3) is 0 Å². The molecule has 0 aliphatic carbocycles. The standard InChI is InChI=1S/C27H26N4O6/c1-2-20-7-3-4-9-22(20)30-25(32)16-35-21-8-5-6-18(12-21)15-29-31-27(34)26(33)28-14-19-10-11-23-24(13-19)37-17-36-23/h3-13,15H,2,14,16-17H2,1H3,(H,28,33)(H,30,32)(H,31,34)/b29-15-. The molecule has 4 rings (SSSR count). The Labute approximate surface area is 213 Å². The van der Waals surface area contributed by atoms with E-state index in [1.54, 1.807) is 42.5 Å². The molecule has 3 N–H and O–H groups in total. The highest BCUT2D eigenvalue weighted by Gasteiger charge is 2.15. The van der Waals surface area contributed by atoms with Crippen molar-refractivity contribution in [2.24, 2.45) is 5.10 Å². The summed E-state index contributed by atoms with van der Waals surface area (Å²) in [6.07, 6.45) is 2.17. The molecule has 1 aliphatic heterocycles. The Hall–Kier alpha value is -4.86. The lowest BCUT2D eigenvalue weighted by Gasteiger charge is -2.10. The van der Waals surface area contributed by atoms with Crippen molar-refractivity contribution >= 4 is 29.6 Å². The third-order valence-electron chi connectivity index (χ3n) is 5.38. The summed E-state index contributed by atoms with van der Waals surface area (Å²) in [4.78, 5) is 36.4. The van der Waals surface area contributed by atoms with Crippen molar-refractivity contribution in [1.82, 2.24) is 10.7 Å². The number of ether oxygens (including phenoxy) is 3. The third-order valence-corrected chi connectivity index (χ3v) is 5.38. The monoisotopic (exact) mass is 502 g/mol. The summed E-state index contributed by atoms with van der Waals surface area (Å²) in [5.41, 5.74) is 5.35. The van der Waals surface area contributed by atoms with Crippen LogP contribution < -0.4 is 30.3 Å². The minimum Gasteiger partial charge on any atom is -0.484 e. The highest BCUT2D eigenvalue weighted by atomic mass is 16.7. The predicted octanol–water partition coefficient (Wildman–Crippen LogP) is 2.76. The van der Waals surface area contributed by atoms with Crippen LogP contribution in [0.5, 0.6) is 17.2 Å². The van der Waals surface area contributed by atoms with Crippen LogP contribution in [0.15, 0.2) is 71.8 Å². The summed E-state index contributed by atoms with van der Waals surface area (Å²) in [5.74, 6) is -0.335. The maximum Gasteiger partial charge on any atom is 0.329 e. The van der Waals surface area contributed by atoms with E-state index in [4.69, 9.17) is 14.2 Å². The van der Waals surface area contributed by atoms with E-state index in [1.807, 2.05) is 31.2 Å². The van der Waals surface area contributed by atoms with Gasteiger partial charge in [0.15, 0.2) is 18.1 Å². The number of hydrogen-bond donors (Lipinski definition) is 3. The molecule has 0 saturated carbocycles. The van der Waals surface area contributed by atoms with Gasteiger partial charge in [0.1, 0.15) is 5.75 Å². The van der Waals surface area contributed by atoms with Gasteiger partial charge in [-0.15, -0.1) is 0 Å². The number of amides is 3. The van der Waals surface area contributed by atoms with Gasteiger partial charge in [-0.3, -0.25) is 14.4 Å². The molecule has 10 heteroatoms. The second-order valence-electron chi connectivity index (χ2n) is 7.99. The Morgan fingerprint density at radius 2 is 1.81 bits per heavy atom. The minimum absolute atomic E-state index is 0.142. The number of benzene rings is 3. The second-order valence-corrected chi connectivity index (χ2v) is 7.99. The molecule has 0 saturated heterocycles. The lowest BCUT2D eigenvalue weighted by molar-refractivity contribution is -0.139. The molecule has 10 nitrogen and oxygen atoms in total. The van der Waals surface area contributed by atoms with E-state index in [1.165, 1.54) is 6.21 Å². The van der Waals surface area contributed by atoms with Crippen LogP contribution in [-0.2, 0) is 27.3 Å². The number of hydrazone groups is 1. The molecule has 37 heavy (non-hydrogen) atoms. The number of rotatable bonds is 9. The number of fused-ring (bicyclic) bond motifs is 1. The van der Waals surface area contributed by atoms with Gasteiger partial charge in [0.05, 0.1) is 6.21 Å². The fourth-order valence-corrected chi connectivity index (χ4v) is 3.50. The number of aryl methyl sites for hydroxylation is 1. The molecule has 0 spiro atoms. The van der Waals surface area contributed by atoms with Crippen molar-refractivity contribution in [2.45, 2.75) is 19.9 Å². The van der Waals surface area contributed by atoms with Crippen LogP contribution >= 0.6 is 0 Å². The average molecular weight is 503 g/mol. The van der Waals surface area contributed by atoms with Gasteiger partial charge >= 0.3 is 11.8 Å². The Morgan fingerprint density at radius 1 is 0.973 bits per heavy atom. The predicted molar refractivity (Wildman–Crippen MR) is 137 cm³/mol. The molecule has 0 atom stereocenters. The zero-order valence-corrected chi connectivity index (χ0v) is 20.2. The summed E-state index contributed by atoms with van der Waals surface area (Å²) >= 11 is 0. The summed E-state index contributed by atoms with van der Waals surface area (Å²) < 4.78 is 16.1. The molecule has 190 valence electrons. The van der Waals surface area contributed by atoms with Crippen LogP contribution in [0.2, 0.25) is 0 Å². The number of para-hydroxylation sites is 1. The summed E-state index contributed by atoms with van der Waals surface area (Å²) in [7, 11) is 0. The van der Waals surface area contributed by atoms with Crippen molar-refractivity contribution in [3.63, 3.8) is 0 Å². The lowest BCUT2D eigenvalue weighted by Crippen LogP contribution is -2.37. The number of carbonyl (C=O) groups excluding carboxylic acids is 3. The smallest absolute Gasteiger partial charge is 0.329 e. The van der Waals surface area contributed by atoms with Crippen LogP contribution in [0.1, 0.15) is 23.6 Å². The Bertz CT molecular complexity index is 1320. The molecular formula is C27H26N4O6. The molecule has 1 aliphatic rings. The van der Waals surface area contributed by atoms with Gasteiger partial charge in [-0.1, -0.05) is 43.3 Å². The first-order valence-corrected chi connectivity index (χ1v) is 11.6. The largest absolute Gasteiger partial charge is 0.484 e. The molecule has 0 bridgehead atoms. The average Bonchev–Trinajstić information content (AvgIpc) is 3.39. The Kier molecular flexibility index (Phi) is 8.33. The molecule has 0 unspecified atom stereocenters. The number of nitrogens with zero attached hydrogens (tertiary/aromatic N) is 1. The van der Waals surface area contributed by atoms with Crippen LogP contribution in [0, 0.1) is 0 Å². The zero-order chi connectivity index (χ0) is 26.0. The maximum absolute atomic E-state index is 12.3. The minimum atomic E-state index is -0.909. The van der Waals surface area contributed by atoms with Crippen molar-refractivity contribution in [3.8, 4) is 17.2 Å². The normalized spacial score (nSPS) is 11.7. The van der Waals surface area contributed by atoms with Crippen molar-refractivity contribution in [3.05, 3.63) is 83.4 Å². The van der Waals surface area contributed by atoms with Crippen LogP contribution in [0.3, 0.4) is 0 Å². The number of nitrogens with one attached hydrogen (secondary N) is 3. The molecule has 0 fully saturated rings. The van der Waals surface area contributed by atoms with Crippen LogP contribution in [0.4, 0.5) is 5.69 Å². The van der Waals surface area contributed by atoms with Crippen LogP contribution in [-0.4, -0.2) is 37.3 Å². The van der Waals surface area contributed by atoms with E-state index >= 15 is 0 Å². The quantitative estimate of drug-likeness (QED) is 0.235. The molecule has 1 heterocycles. The van der Waals surface area contributed by atoms with Gasteiger partial charge in [-0.2, -0.15) is 5.10 Å². The second kappa shape index (κ2) is 12.2. The molecule has 3 amide bonds. The number of anilines is 1. The Morgan fingerprint density at radius 3 is 2.68 bits per heavy atom. The highest BCUT2D eigenvalue weighted by molar-refractivity contribution is 6.35. The van der Waals surface area contributed by atoms with E-state index in [0.717, 1.165) is 23.2 Å². The van der Waals surface area contributed by atoms with Crippen molar-refractivity contribution < 1.29 is 28.6 Å². The number of carbonyl (C=O) groups is 3. The molecule has 3 aromatic rings. The maximum atomic E-state index is 12.3. The van der Waals surface area contributed by atoms with Gasteiger partial charge in [0.25, 0.3) is 5.91 Å². The summed E-state index contributed by atoms with van der Waals surface area (Å²) in [5, 5.41) is 9.19. The van der Waals surface area contributed by atoms with E-state index in [9.17, 15) is 14.4 Å². The van der Waals surface area contributed by atoms with Gasteiger partial charge < -0.3 is 24.8 Å². The zero-order valence-electron chi connectivity index (χ0n) is 20.2. The van der Waals surface area contributed by atoms with Crippen molar-refractivity contribution in [2.75, 3.05) is 18.7 Å². The first-order chi connectivity index (χ1) is 18.0. The SMILES string of the molecule is CCc1ccccc1NC(=O)COc1cccc(/C=N\NC(=O)C(=O)NCc2ccc3c(c2)OCO3)c1. The third kappa shape index (κ3) is 7.07. The van der Waals surface area contributed by atoms with Gasteiger partial charge in [0, 0.05) is 12.2 Å². The molecule has 0 radical (unpaired) electrons. The topological polar surface area (TPSA) is 127 Å². The molecule has 3 aromatic carbocycles. The van der Waals surface area contributed by atoms with Crippen molar-refractivity contribution in [1.29, 1.82) is 0 Å². The fraction of sp³-hybridized carbons (Fsp3) is 0.185. The highest BCUT2D eigenvalue weighted by Crippen LogP contribution is 2.32. The Balaban J connectivity index is 1.22.